The number of amides is 2. The van der Waals surface area contributed by atoms with E-state index in [4.69, 9.17) is 29.8 Å². The standard InChI is InChI=1S/C27H29F3I2N4O8.C16H17FIN3O5.C15H14FIN2O3/c1-15(40)26(22(41)7-8-37)24(30)23(25(42)36(43-11-9-38)44-12-10-39)27(35(26)2,33-20-5-3-16(31)13-18(20)28)34-21-6-4-17(32)14-19(21)29;1-21-13(14(24)8-23)7-10(16(25)20-26-5-4-22)15(21)19-12-3-2-9(18)6-11(12)17;1-8(21)13-6-10(14(22)7-20)15(19(13)2)18-12-4-3-9(17)5-11(12)16/h3-6,13-14,33-34,37-39H,7-12H2,1-2H3;2-3,6-7,19,22-23H,4-5,8H2,1H3,(H,20,25);3-6,18,20H,7H2,1-2H3. The van der Waals surface area contributed by atoms with Crippen molar-refractivity contribution in [1.29, 1.82) is 0 Å². The number of aliphatic hydroxyl groups is 6. The van der Waals surface area contributed by atoms with Crippen molar-refractivity contribution < 1.29 is 101 Å². The van der Waals surface area contributed by atoms with Gasteiger partial charge in [0.2, 0.25) is 11.6 Å². The summed E-state index contributed by atoms with van der Waals surface area (Å²) in [6.07, 6.45) is -0.740. The van der Waals surface area contributed by atoms with Crippen LogP contribution in [0.5, 0.6) is 0 Å². The molecule has 7 rings (SSSR count). The highest BCUT2D eigenvalue weighted by Gasteiger charge is 2.68. The van der Waals surface area contributed by atoms with Gasteiger partial charge in [-0.3, -0.25) is 38.4 Å². The fourth-order valence-electron chi connectivity index (χ4n) is 9.04. The van der Waals surface area contributed by atoms with Crippen LogP contribution in [-0.2, 0) is 43.0 Å². The number of nitrogens with zero attached hydrogens (tertiary/aromatic N) is 4. The Kier molecular flexibility index (Phi) is 29.0. The first-order chi connectivity index (χ1) is 43.5. The molecule has 2 amide bonds. The van der Waals surface area contributed by atoms with E-state index in [9.17, 15) is 57.7 Å². The van der Waals surface area contributed by atoms with E-state index in [0.717, 1.165) is 34.6 Å². The van der Waals surface area contributed by atoms with Crippen molar-refractivity contribution in [2.75, 3.05) is 87.8 Å². The highest BCUT2D eigenvalue weighted by Crippen LogP contribution is 2.49. The topological polar surface area (TPSA) is 345 Å². The van der Waals surface area contributed by atoms with Gasteiger partial charge in [0.15, 0.2) is 34.5 Å². The van der Waals surface area contributed by atoms with Gasteiger partial charge >= 0.3 is 5.91 Å². The first kappa shape index (κ1) is 76.6. The van der Waals surface area contributed by atoms with Gasteiger partial charge in [-0.25, -0.2) is 42.0 Å². The number of hydroxylamine groups is 3. The Morgan fingerprint density at radius 3 is 1.35 bits per heavy atom. The molecule has 0 aliphatic carbocycles. The molecular formula is C58H60F5I4N9O16. The van der Waals surface area contributed by atoms with E-state index in [2.05, 4.69) is 26.7 Å². The molecule has 92 heavy (non-hydrogen) atoms. The summed E-state index contributed by atoms with van der Waals surface area (Å²) in [7, 11) is 4.16. The summed E-state index contributed by atoms with van der Waals surface area (Å²) in [5, 5.41) is 66.1. The SMILES string of the molecule is CC(=O)C1(C(=O)CCO)C(F)=C(C(=O)N(OCCO)OCCO)C(Nc2ccc(I)cc2F)(Nc2ccc(I)cc2F)N1C.CC(=O)c1cc(C(=O)CO)c(Nc2ccc(I)cc2F)n1C.Cn1c(C(=O)CO)cc(C(=O)NOCCO)c1Nc1ccc(I)cc1F. The molecule has 1 atom stereocenters. The number of halogens is 9. The smallest absolute Gasteiger partial charge is 0.308 e. The van der Waals surface area contributed by atoms with E-state index < -0.39 is 134 Å². The molecule has 0 saturated heterocycles. The van der Waals surface area contributed by atoms with E-state index in [1.54, 1.807) is 25.2 Å². The molecule has 0 fully saturated rings. The lowest BCUT2D eigenvalue weighted by molar-refractivity contribution is -0.343. The second-order valence-electron chi connectivity index (χ2n) is 19.2. The molecule has 0 radical (unpaired) electrons. The number of ketones is 5. The third kappa shape index (κ3) is 17.8. The Hall–Kier alpha value is -6.16. The van der Waals surface area contributed by atoms with E-state index >= 15 is 13.2 Å². The Morgan fingerprint density at radius 2 is 0.957 bits per heavy atom. The molecule has 34 heteroatoms. The third-order valence-electron chi connectivity index (χ3n) is 13.3. The van der Waals surface area contributed by atoms with Crippen LogP contribution in [0.3, 0.4) is 0 Å². The number of carbonyl (C=O) groups is 7. The van der Waals surface area contributed by atoms with Crippen molar-refractivity contribution in [1.82, 2.24) is 24.7 Å². The number of likely N-dealkylation sites (N-methyl/N-ethyl adjacent to an activating group) is 1. The number of benzene rings is 4. The third-order valence-corrected chi connectivity index (χ3v) is 16.0. The molecule has 0 bridgehead atoms. The van der Waals surface area contributed by atoms with Crippen LogP contribution < -0.4 is 26.7 Å². The van der Waals surface area contributed by atoms with Gasteiger partial charge in [0, 0.05) is 41.7 Å². The van der Waals surface area contributed by atoms with Gasteiger partial charge < -0.3 is 61.0 Å². The molecule has 1 unspecified atom stereocenters. The van der Waals surface area contributed by atoms with Gasteiger partial charge in [-0.05, 0) is 189 Å². The van der Waals surface area contributed by atoms with Crippen molar-refractivity contribution in [3.63, 3.8) is 0 Å². The number of hydrogen-bond donors (Lipinski definition) is 11. The van der Waals surface area contributed by atoms with Crippen molar-refractivity contribution in [3.8, 4) is 0 Å². The van der Waals surface area contributed by atoms with Crippen LogP contribution in [0.4, 0.5) is 56.3 Å². The Labute approximate surface area is 576 Å². The van der Waals surface area contributed by atoms with Crippen LogP contribution in [0, 0.1) is 37.5 Å². The zero-order valence-corrected chi connectivity index (χ0v) is 57.7. The van der Waals surface area contributed by atoms with Crippen LogP contribution in [0.2, 0.25) is 0 Å². The molecule has 1 aliphatic heterocycles. The summed E-state index contributed by atoms with van der Waals surface area (Å²) >= 11 is 7.64. The molecule has 1 aliphatic rings. The van der Waals surface area contributed by atoms with Gasteiger partial charge in [-0.1, -0.05) is 5.23 Å². The van der Waals surface area contributed by atoms with E-state index in [-0.39, 0.29) is 75.4 Å². The van der Waals surface area contributed by atoms with Gasteiger partial charge in [0.25, 0.3) is 5.91 Å². The van der Waals surface area contributed by atoms with Crippen LogP contribution in [0.1, 0.15) is 62.0 Å². The van der Waals surface area contributed by atoms with Crippen molar-refractivity contribution in [2.24, 2.45) is 14.1 Å². The minimum absolute atomic E-state index is 0.0141. The summed E-state index contributed by atoms with van der Waals surface area (Å²) in [5.74, 6) is -12.6. The lowest BCUT2D eigenvalue weighted by atomic mass is 9.86. The fourth-order valence-corrected chi connectivity index (χ4v) is 10.9. The molecule has 496 valence electrons. The zero-order valence-electron chi connectivity index (χ0n) is 49.1. The van der Waals surface area contributed by atoms with Crippen molar-refractivity contribution in [2.45, 2.75) is 31.6 Å². The maximum Gasteiger partial charge on any atom is 0.308 e. The second-order valence-corrected chi connectivity index (χ2v) is 24.2. The number of aromatic nitrogens is 2. The number of carbonyl (C=O) groups excluding carboxylic acids is 7. The van der Waals surface area contributed by atoms with E-state index in [0.29, 0.717) is 16.4 Å². The molecule has 4 aromatic carbocycles. The fraction of sp³-hybridized carbons (Fsp3) is 0.293. The van der Waals surface area contributed by atoms with Gasteiger partial charge in [0.05, 0.1) is 78.3 Å². The highest BCUT2D eigenvalue weighted by molar-refractivity contribution is 14.1. The minimum Gasteiger partial charge on any atom is -0.396 e. The maximum absolute atomic E-state index is 17.1. The van der Waals surface area contributed by atoms with E-state index in [1.165, 1.54) is 77.7 Å². The summed E-state index contributed by atoms with van der Waals surface area (Å²) in [6.45, 7) is -2.77. The van der Waals surface area contributed by atoms with Crippen LogP contribution in [-0.4, -0.2) is 168 Å². The van der Waals surface area contributed by atoms with Gasteiger partial charge in [-0.2, -0.15) is 0 Å². The summed E-state index contributed by atoms with van der Waals surface area (Å²) in [6, 6.07) is 19.4. The lowest BCUT2D eigenvalue weighted by Gasteiger charge is -2.45. The highest BCUT2D eigenvalue weighted by atomic mass is 127. The summed E-state index contributed by atoms with van der Waals surface area (Å²) in [5.41, 5.74) is -1.76. The molecule has 0 saturated carbocycles. The Morgan fingerprint density at radius 1 is 0.543 bits per heavy atom. The van der Waals surface area contributed by atoms with Crippen molar-refractivity contribution >= 4 is 165 Å². The maximum atomic E-state index is 17.1. The number of hydrogen-bond acceptors (Lipinski definition) is 21. The van der Waals surface area contributed by atoms with Crippen LogP contribution in [0.15, 0.2) is 96.3 Å². The lowest BCUT2D eigenvalue weighted by Crippen LogP contribution is -2.68. The largest absolute Gasteiger partial charge is 0.396 e. The Balaban J connectivity index is 0.000000271. The number of rotatable bonds is 28. The molecule has 2 aromatic heterocycles. The Bertz CT molecular complexity index is 3700. The zero-order chi connectivity index (χ0) is 68.5. The monoisotopic (exact) mass is 1740 g/mol. The summed E-state index contributed by atoms with van der Waals surface area (Å²) < 4.78 is 81.1. The molecule has 6 aromatic rings. The number of aliphatic hydroxyl groups excluding tert-OH is 6. The number of nitrogens with one attached hydrogen (secondary N) is 5. The molecule has 11 N–H and O–H groups in total. The normalized spacial score (nSPS) is 14.1. The van der Waals surface area contributed by atoms with Crippen LogP contribution >= 0.6 is 90.4 Å². The predicted molar refractivity (Wildman–Crippen MR) is 356 cm³/mol. The van der Waals surface area contributed by atoms with Gasteiger partial charge in [-0.15, -0.1) is 0 Å². The predicted octanol–water partition coefficient (Wildman–Crippen LogP) is 6.71. The van der Waals surface area contributed by atoms with Crippen LogP contribution in [0.25, 0.3) is 0 Å². The average molecular weight is 1740 g/mol. The first-order valence-corrected chi connectivity index (χ1v) is 31.1. The number of Topliss-reactive ketones (excluding diaryl/α,β-unsaturated/α-hetero) is 5. The van der Waals surface area contributed by atoms with E-state index in [1.807, 2.05) is 90.4 Å². The average Bonchev–Trinajstić information content (AvgIpc) is 1.53. The quantitative estimate of drug-likeness (QED) is 0.00462. The van der Waals surface area contributed by atoms with Crippen molar-refractivity contribution in [3.05, 3.63) is 156 Å². The second kappa shape index (κ2) is 34.8. The molecule has 3 heterocycles. The molecule has 25 nitrogen and oxygen atoms in total. The van der Waals surface area contributed by atoms with Gasteiger partial charge in [0.1, 0.15) is 66.9 Å². The summed E-state index contributed by atoms with van der Waals surface area (Å²) in [4.78, 5) is 104. The first-order valence-electron chi connectivity index (χ1n) is 26.8. The molecular weight excluding hydrogens is 1680 g/mol. The number of anilines is 6. The molecule has 0 spiro atoms. The minimum atomic E-state index is -2.90.